The lowest BCUT2D eigenvalue weighted by Crippen LogP contribution is -2.38. The van der Waals surface area contributed by atoms with Crippen LogP contribution in [0.5, 0.6) is 0 Å². The highest BCUT2D eigenvalue weighted by atomic mass is 127. The molecule has 0 bridgehead atoms. The number of nitrogens with one attached hydrogen (secondary N) is 2. The Balaban J connectivity index is 1.87. The van der Waals surface area contributed by atoms with E-state index in [1.165, 1.54) is 5.56 Å². The standard InChI is InChI=1S/C16H15IN2OS/c1-11-5-7-12(8-6-11)10-18-16(21)19-15(20)13-3-2-4-14(17)9-13/h2-9H,10H2,1H3,(H2,18,19,20,21). The van der Waals surface area contributed by atoms with Crippen LogP contribution in [-0.2, 0) is 6.54 Å². The molecule has 0 radical (unpaired) electrons. The van der Waals surface area contributed by atoms with Crippen molar-refractivity contribution >= 4 is 45.8 Å². The van der Waals surface area contributed by atoms with E-state index < -0.39 is 0 Å². The van der Waals surface area contributed by atoms with E-state index in [-0.39, 0.29) is 5.91 Å². The summed E-state index contributed by atoms with van der Waals surface area (Å²) in [6, 6.07) is 15.5. The van der Waals surface area contributed by atoms with E-state index >= 15 is 0 Å². The molecule has 2 N–H and O–H groups in total. The quantitative estimate of drug-likeness (QED) is 0.602. The zero-order chi connectivity index (χ0) is 15.2. The van der Waals surface area contributed by atoms with Gasteiger partial charge in [-0.25, -0.2) is 0 Å². The number of halogens is 1. The minimum Gasteiger partial charge on any atom is -0.358 e. The number of hydrogen-bond donors (Lipinski definition) is 2. The van der Waals surface area contributed by atoms with Gasteiger partial charge >= 0.3 is 0 Å². The minimum atomic E-state index is -0.199. The molecule has 2 aromatic rings. The first-order chi connectivity index (χ1) is 10.0. The van der Waals surface area contributed by atoms with Crippen molar-refractivity contribution < 1.29 is 4.79 Å². The molecule has 2 rings (SSSR count). The second-order valence-electron chi connectivity index (χ2n) is 4.63. The fourth-order valence-corrected chi connectivity index (χ4v) is 2.45. The Kier molecular flexibility index (Phi) is 5.69. The van der Waals surface area contributed by atoms with Gasteiger partial charge in [0, 0.05) is 15.7 Å². The third-order valence-corrected chi connectivity index (χ3v) is 3.80. The molecule has 0 spiro atoms. The maximum Gasteiger partial charge on any atom is 0.257 e. The van der Waals surface area contributed by atoms with Gasteiger partial charge in [-0.15, -0.1) is 0 Å². The molecule has 0 saturated carbocycles. The molecule has 0 aliphatic heterocycles. The summed E-state index contributed by atoms with van der Waals surface area (Å²) in [6.45, 7) is 2.63. The number of thiocarbonyl (C=S) groups is 1. The Morgan fingerprint density at radius 3 is 2.57 bits per heavy atom. The van der Waals surface area contributed by atoms with Crippen LogP contribution in [0.3, 0.4) is 0 Å². The van der Waals surface area contributed by atoms with Crippen molar-refractivity contribution in [2.24, 2.45) is 0 Å². The largest absolute Gasteiger partial charge is 0.358 e. The normalized spacial score (nSPS) is 10.0. The Labute approximate surface area is 143 Å². The maximum atomic E-state index is 12.0. The maximum absolute atomic E-state index is 12.0. The predicted molar refractivity (Wildman–Crippen MR) is 97.2 cm³/mol. The van der Waals surface area contributed by atoms with Crippen molar-refractivity contribution in [3.63, 3.8) is 0 Å². The van der Waals surface area contributed by atoms with Crippen LogP contribution in [0.25, 0.3) is 0 Å². The second-order valence-corrected chi connectivity index (χ2v) is 6.29. The third kappa shape index (κ3) is 5.09. The van der Waals surface area contributed by atoms with Crippen LogP contribution in [0.4, 0.5) is 0 Å². The van der Waals surface area contributed by atoms with Crippen LogP contribution in [-0.4, -0.2) is 11.0 Å². The van der Waals surface area contributed by atoms with Gasteiger partial charge in [0.15, 0.2) is 5.11 Å². The van der Waals surface area contributed by atoms with E-state index in [2.05, 4.69) is 33.2 Å². The Hall–Kier alpha value is -1.47. The van der Waals surface area contributed by atoms with Gasteiger partial charge in [0.05, 0.1) is 0 Å². The molecule has 0 fully saturated rings. The highest BCUT2D eigenvalue weighted by Crippen LogP contribution is 2.07. The average Bonchev–Trinajstić information content (AvgIpc) is 2.46. The summed E-state index contributed by atoms with van der Waals surface area (Å²) < 4.78 is 1.01. The highest BCUT2D eigenvalue weighted by molar-refractivity contribution is 14.1. The lowest BCUT2D eigenvalue weighted by molar-refractivity contribution is 0.0976. The van der Waals surface area contributed by atoms with Gasteiger partial charge in [-0.3, -0.25) is 10.1 Å². The number of carbonyl (C=O) groups is 1. The molecule has 0 heterocycles. The topological polar surface area (TPSA) is 41.1 Å². The lowest BCUT2D eigenvalue weighted by atomic mass is 10.1. The first-order valence-electron chi connectivity index (χ1n) is 6.45. The van der Waals surface area contributed by atoms with E-state index in [4.69, 9.17) is 12.2 Å². The number of benzene rings is 2. The molecule has 0 atom stereocenters. The molecular weight excluding hydrogens is 395 g/mol. The van der Waals surface area contributed by atoms with Gasteiger partial charge in [0.1, 0.15) is 0 Å². The van der Waals surface area contributed by atoms with Crippen LogP contribution < -0.4 is 10.6 Å². The van der Waals surface area contributed by atoms with E-state index in [1.807, 2.05) is 49.4 Å². The first kappa shape index (κ1) is 15.9. The summed E-state index contributed by atoms with van der Waals surface area (Å²) in [5.74, 6) is -0.199. The van der Waals surface area contributed by atoms with Crippen molar-refractivity contribution in [1.29, 1.82) is 0 Å². The average molecular weight is 410 g/mol. The van der Waals surface area contributed by atoms with E-state index in [0.29, 0.717) is 17.2 Å². The van der Waals surface area contributed by atoms with Crippen LogP contribution in [0, 0.1) is 10.5 Å². The number of hydrogen-bond acceptors (Lipinski definition) is 2. The van der Waals surface area contributed by atoms with Gasteiger partial charge in [-0.1, -0.05) is 35.9 Å². The van der Waals surface area contributed by atoms with Gasteiger partial charge in [0.2, 0.25) is 0 Å². The summed E-state index contributed by atoms with van der Waals surface area (Å²) in [5.41, 5.74) is 2.93. The molecule has 21 heavy (non-hydrogen) atoms. The van der Waals surface area contributed by atoms with E-state index in [1.54, 1.807) is 6.07 Å². The van der Waals surface area contributed by atoms with Crippen LogP contribution in [0.15, 0.2) is 48.5 Å². The third-order valence-electron chi connectivity index (χ3n) is 2.89. The summed E-state index contributed by atoms with van der Waals surface area (Å²) in [5, 5.41) is 6.05. The SMILES string of the molecule is Cc1ccc(CNC(=S)NC(=O)c2cccc(I)c2)cc1. The molecule has 0 aliphatic rings. The smallest absolute Gasteiger partial charge is 0.257 e. The number of amides is 1. The zero-order valence-electron chi connectivity index (χ0n) is 11.5. The number of carbonyl (C=O) groups excluding carboxylic acids is 1. The molecular formula is C16H15IN2OS. The Morgan fingerprint density at radius 1 is 1.19 bits per heavy atom. The molecule has 108 valence electrons. The Bertz CT molecular complexity index is 656. The molecule has 0 unspecified atom stereocenters. The molecule has 3 nitrogen and oxygen atoms in total. The predicted octanol–water partition coefficient (Wildman–Crippen LogP) is 3.40. The fourth-order valence-electron chi connectivity index (χ4n) is 1.74. The minimum absolute atomic E-state index is 0.199. The second kappa shape index (κ2) is 7.51. The van der Waals surface area contributed by atoms with Crippen LogP contribution in [0.2, 0.25) is 0 Å². The number of aryl methyl sites for hydroxylation is 1. The van der Waals surface area contributed by atoms with E-state index in [9.17, 15) is 4.79 Å². The molecule has 5 heteroatoms. The van der Waals surface area contributed by atoms with Gasteiger partial charge in [0.25, 0.3) is 5.91 Å². The van der Waals surface area contributed by atoms with Crippen molar-refractivity contribution in [3.8, 4) is 0 Å². The summed E-state index contributed by atoms with van der Waals surface area (Å²) in [7, 11) is 0. The molecule has 0 aromatic heterocycles. The number of rotatable bonds is 3. The zero-order valence-corrected chi connectivity index (χ0v) is 14.5. The van der Waals surface area contributed by atoms with Gasteiger partial charge in [-0.2, -0.15) is 0 Å². The fraction of sp³-hybridized carbons (Fsp3) is 0.125. The molecule has 0 aliphatic carbocycles. The van der Waals surface area contributed by atoms with Crippen LogP contribution >= 0.6 is 34.8 Å². The lowest BCUT2D eigenvalue weighted by Gasteiger charge is -2.10. The summed E-state index contributed by atoms with van der Waals surface area (Å²) >= 11 is 7.31. The van der Waals surface area contributed by atoms with Gasteiger partial charge < -0.3 is 5.32 Å². The molecule has 1 amide bonds. The van der Waals surface area contributed by atoms with Crippen molar-refractivity contribution in [3.05, 3.63) is 68.8 Å². The van der Waals surface area contributed by atoms with Crippen molar-refractivity contribution in [2.75, 3.05) is 0 Å². The molecule has 0 saturated heterocycles. The first-order valence-corrected chi connectivity index (χ1v) is 7.93. The summed E-state index contributed by atoms with van der Waals surface area (Å²) in [6.07, 6.45) is 0. The van der Waals surface area contributed by atoms with Gasteiger partial charge in [-0.05, 0) is 65.5 Å². The van der Waals surface area contributed by atoms with Crippen molar-refractivity contribution in [2.45, 2.75) is 13.5 Å². The Morgan fingerprint density at radius 2 is 1.90 bits per heavy atom. The summed E-state index contributed by atoms with van der Waals surface area (Å²) in [4.78, 5) is 12.0. The monoisotopic (exact) mass is 410 g/mol. The molecule has 2 aromatic carbocycles. The van der Waals surface area contributed by atoms with Crippen molar-refractivity contribution in [1.82, 2.24) is 10.6 Å². The highest BCUT2D eigenvalue weighted by Gasteiger charge is 2.07. The van der Waals surface area contributed by atoms with E-state index in [0.717, 1.165) is 9.13 Å². The van der Waals surface area contributed by atoms with Crippen LogP contribution in [0.1, 0.15) is 21.5 Å².